The molecule has 6 nitrogen and oxygen atoms in total. The van der Waals surface area contributed by atoms with Gasteiger partial charge in [0.05, 0.1) is 31.8 Å². The molecule has 2 heterocycles. The van der Waals surface area contributed by atoms with Gasteiger partial charge in [0.15, 0.2) is 0 Å². The first-order chi connectivity index (χ1) is 19.3. The quantitative estimate of drug-likeness (QED) is 0.234. The standard InChI is InChI=1S/C33H46O6P2/c1-10-11-12-25-13-15-30(28(18-25)32(7,8)9)39-41-36-22-33(23-37-41)20-34-40(35-21-33)38-29-16-14-27(31(4,5)6)19-26(29)17-24(2)3/h13-16,18-19,24H,12,17,20-23H2,1-9H3. The maximum Gasteiger partial charge on any atom is 0.397 e. The summed E-state index contributed by atoms with van der Waals surface area (Å²) in [5, 5.41) is 0. The molecule has 0 N–H and O–H groups in total. The van der Waals surface area contributed by atoms with E-state index in [9.17, 15) is 0 Å². The van der Waals surface area contributed by atoms with Gasteiger partial charge in [-0.25, -0.2) is 0 Å². The van der Waals surface area contributed by atoms with Gasteiger partial charge in [0.2, 0.25) is 0 Å². The van der Waals surface area contributed by atoms with Gasteiger partial charge in [0.1, 0.15) is 11.5 Å². The number of hydrogen-bond acceptors (Lipinski definition) is 6. The van der Waals surface area contributed by atoms with Crippen molar-refractivity contribution >= 4 is 17.2 Å². The maximum absolute atomic E-state index is 6.28. The topological polar surface area (TPSA) is 55.4 Å². The molecule has 0 unspecified atom stereocenters. The van der Waals surface area contributed by atoms with Crippen LogP contribution in [0.2, 0.25) is 0 Å². The summed E-state index contributed by atoms with van der Waals surface area (Å²) in [4.78, 5) is 0. The molecule has 2 aromatic rings. The lowest BCUT2D eigenvalue weighted by molar-refractivity contribution is -0.0673. The third-order valence-electron chi connectivity index (χ3n) is 7.13. The second-order valence-corrected chi connectivity index (χ2v) is 15.9. The zero-order valence-corrected chi connectivity index (χ0v) is 27.9. The van der Waals surface area contributed by atoms with Crippen molar-refractivity contribution in [3.8, 4) is 23.3 Å². The Balaban J connectivity index is 1.34. The lowest BCUT2D eigenvalue weighted by Gasteiger charge is -2.41. The molecule has 0 atom stereocenters. The highest BCUT2D eigenvalue weighted by Crippen LogP contribution is 2.54. The first-order valence-electron chi connectivity index (χ1n) is 14.4. The number of hydrogen-bond donors (Lipinski definition) is 0. The Morgan fingerprint density at radius 2 is 1.37 bits per heavy atom. The fraction of sp³-hybridized carbons (Fsp3) is 0.576. The first-order valence-corrected chi connectivity index (χ1v) is 16.6. The van der Waals surface area contributed by atoms with Gasteiger partial charge in [0.25, 0.3) is 0 Å². The van der Waals surface area contributed by atoms with Gasteiger partial charge in [-0.2, -0.15) is 0 Å². The first kappa shape index (κ1) is 32.2. The Bertz CT molecular complexity index is 1230. The van der Waals surface area contributed by atoms with E-state index in [0.717, 1.165) is 29.9 Å². The van der Waals surface area contributed by atoms with E-state index < -0.39 is 17.2 Å². The van der Waals surface area contributed by atoms with Gasteiger partial charge in [-0.15, -0.1) is 5.92 Å². The van der Waals surface area contributed by atoms with E-state index in [1.54, 1.807) is 0 Å². The molecule has 2 aliphatic heterocycles. The Morgan fingerprint density at radius 3 is 1.88 bits per heavy atom. The van der Waals surface area contributed by atoms with Crippen LogP contribution in [0.4, 0.5) is 0 Å². The van der Waals surface area contributed by atoms with Gasteiger partial charge in [0, 0.05) is 12.0 Å². The van der Waals surface area contributed by atoms with Crippen molar-refractivity contribution < 1.29 is 27.1 Å². The van der Waals surface area contributed by atoms with E-state index in [1.807, 2.05) is 13.0 Å². The molecule has 0 aromatic heterocycles. The number of benzene rings is 2. The van der Waals surface area contributed by atoms with Crippen LogP contribution in [-0.4, -0.2) is 26.4 Å². The summed E-state index contributed by atoms with van der Waals surface area (Å²) in [5.41, 5.74) is 4.37. The molecule has 1 spiro atoms. The molecule has 4 rings (SSSR count). The van der Waals surface area contributed by atoms with Crippen molar-refractivity contribution in [2.75, 3.05) is 26.4 Å². The summed E-state index contributed by atoms with van der Waals surface area (Å²) in [7, 11) is -3.02. The van der Waals surface area contributed by atoms with E-state index in [4.69, 9.17) is 27.1 Å². The maximum atomic E-state index is 6.28. The van der Waals surface area contributed by atoms with Crippen molar-refractivity contribution in [3.63, 3.8) is 0 Å². The second-order valence-electron chi connectivity index (χ2n) is 13.6. The summed E-state index contributed by atoms with van der Waals surface area (Å²) in [5.74, 6) is 8.25. The zero-order chi connectivity index (χ0) is 29.8. The van der Waals surface area contributed by atoms with E-state index >= 15 is 0 Å². The summed E-state index contributed by atoms with van der Waals surface area (Å²) >= 11 is 0. The fourth-order valence-corrected chi connectivity index (χ4v) is 7.16. The predicted molar refractivity (Wildman–Crippen MR) is 167 cm³/mol. The summed E-state index contributed by atoms with van der Waals surface area (Å²) < 4.78 is 37.0. The van der Waals surface area contributed by atoms with E-state index in [2.05, 4.69) is 97.6 Å². The fourth-order valence-electron chi connectivity index (χ4n) is 4.63. The van der Waals surface area contributed by atoms with Crippen molar-refractivity contribution in [3.05, 3.63) is 58.7 Å². The molecule has 0 aliphatic carbocycles. The minimum atomic E-state index is -1.52. The van der Waals surface area contributed by atoms with Crippen molar-refractivity contribution in [2.24, 2.45) is 11.3 Å². The SMILES string of the molecule is CC#CCc1ccc(OP2OCC3(COP(Oc4ccc(C(C)(C)C)cc4CC(C)C)OC3)CO2)c(C(C)(C)C)c1. The predicted octanol–water partition coefficient (Wildman–Crippen LogP) is 9.04. The van der Waals surface area contributed by atoms with Crippen LogP contribution in [0, 0.1) is 23.2 Å². The largest absolute Gasteiger partial charge is 0.426 e. The van der Waals surface area contributed by atoms with Crippen LogP contribution >= 0.6 is 17.2 Å². The second kappa shape index (κ2) is 13.3. The molecule has 8 heteroatoms. The normalized spacial score (nSPS) is 23.3. The van der Waals surface area contributed by atoms with Gasteiger partial charge in [-0.1, -0.05) is 85.6 Å². The van der Waals surface area contributed by atoms with Gasteiger partial charge < -0.3 is 27.1 Å². The molecule has 0 bridgehead atoms. The van der Waals surface area contributed by atoms with Crippen LogP contribution in [0.3, 0.4) is 0 Å². The molecular weight excluding hydrogens is 554 g/mol. The molecule has 2 fully saturated rings. The molecule has 0 amide bonds. The zero-order valence-electron chi connectivity index (χ0n) is 26.1. The summed E-state index contributed by atoms with van der Waals surface area (Å²) in [6, 6.07) is 12.7. The summed E-state index contributed by atoms with van der Waals surface area (Å²) in [6.45, 7) is 21.3. The molecule has 0 saturated carbocycles. The lowest BCUT2D eigenvalue weighted by atomic mass is 9.85. The third-order valence-corrected chi connectivity index (χ3v) is 9.18. The molecule has 0 radical (unpaired) electrons. The Labute approximate surface area is 249 Å². The highest BCUT2D eigenvalue weighted by atomic mass is 31.2. The molecule has 2 saturated heterocycles. The van der Waals surface area contributed by atoms with E-state index in [1.165, 1.54) is 16.7 Å². The highest BCUT2D eigenvalue weighted by molar-refractivity contribution is 7.42. The van der Waals surface area contributed by atoms with Crippen LogP contribution in [0.1, 0.15) is 84.6 Å². The van der Waals surface area contributed by atoms with E-state index in [-0.39, 0.29) is 16.2 Å². The molecular formula is C33H46O6P2. The molecule has 224 valence electrons. The van der Waals surface area contributed by atoms with E-state index in [0.29, 0.717) is 32.3 Å². The minimum Gasteiger partial charge on any atom is -0.426 e. The molecule has 2 aliphatic rings. The summed E-state index contributed by atoms with van der Waals surface area (Å²) in [6.07, 6.45) is 1.65. The van der Waals surface area contributed by atoms with Crippen LogP contribution < -0.4 is 9.05 Å². The van der Waals surface area contributed by atoms with Crippen molar-refractivity contribution in [1.82, 2.24) is 0 Å². The monoisotopic (exact) mass is 600 g/mol. The smallest absolute Gasteiger partial charge is 0.397 e. The Hall–Kier alpha value is -1.70. The van der Waals surface area contributed by atoms with Crippen LogP contribution in [0.25, 0.3) is 0 Å². The van der Waals surface area contributed by atoms with Gasteiger partial charge in [-0.3, -0.25) is 0 Å². The average molecular weight is 601 g/mol. The van der Waals surface area contributed by atoms with Gasteiger partial charge >= 0.3 is 17.2 Å². The minimum absolute atomic E-state index is 0.0749. The van der Waals surface area contributed by atoms with Crippen LogP contribution in [-0.2, 0) is 41.8 Å². The molecule has 2 aromatic carbocycles. The highest BCUT2D eigenvalue weighted by Gasteiger charge is 2.45. The van der Waals surface area contributed by atoms with Crippen LogP contribution in [0.5, 0.6) is 11.5 Å². The lowest BCUT2D eigenvalue weighted by Crippen LogP contribution is -2.45. The van der Waals surface area contributed by atoms with Crippen molar-refractivity contribution in [2.45, 2.75) is 86.0 Å². The average Bonchev–Trinajstić information content (AvgIpc) is 2.90. The Kier molecular flexibility index (Phi) is 10.5. The third kappa shape index (κ3) is 8.67. The van der Waals surface area contributed by atoms with Crippen LogP contribution in [0.15, 0.2) is 36.4 Å². The number of rotatable bonds is 7. The Morgan fingerprint density at radius 1 is 0.805 bits per heavy atom. The molecule has 41 heavy (non-hydrogen) atoms. The van der Waals surface area contributed by atoms with Crippen molar-refractivity contribution in [1.29, 1.82) is 0 Å². The van der Waals surface area contributed by atoms with Gasteiger partial charge in [-0.05, 0) is 58.9 Å².